The number of nitrogens with zero attached hydrogens (tertiary/aromatic N) is 1. The number of carbonyl (C=O) groups excluding carboxylic acids is 2. The molecule has 0 atom stereocenters. The molecule has 0 heterocycles. The Bertz CT molecular complexity index is 862. The highest BCUT2D eigenvalue weighted by atomic mass is 16.5. The minimum atomic E-state index is -0.677. The first kappa shape index (κ1) is 18.7. The fraction of sp³-hybridized carbons (Fsp3) is 0.0556. The zero-order chi connectivity index (χ0) is 18.9. The monoisotopic (exact) mass is 355 g/mol. The number of methoxy groups -OCH3 is 1. The maximum atomic E-state index is 12.1. The van der Waals surface area contributed by atoms with Gasteiger partial charge >= 0.3 is 0 Å². The quantitative estimate of drug-likeness (QED) is 0.272. The Kier molecular flexibility index (Phi) is 6.47. The van der Waals surface area contributed by atoms with Gasteiger partial charge in [0, 0.05) is 23.3 Å². The zero-order valence-electron chi connectivity index (χ0n) is 13.8. The van der Waals surface area contributed by atoms with E-state index in [2.05, 4.69) is 10.5 Å². The van der Waals surface area contributed by atoms with Crippen molar-refractivity contribution in [2.24, 2.45) is 5.10 Å². The maximum absolute atomic E-state index is 12.1. The topological polar surface area (TPSA) is 120 Å². The van der Waals surface area contributed by atoms with Crippen LogP contribution >= 0.6 is 0 Å². The van der Waals surface area contributed by atoms with Gasteiger partial charge in [0.15, 0.2) is 0 Å². The Balaban J connectivity index is 2.04. The third-order valence-corrected chi connectivity index (χ3v) is 3.29. The molecule has 8 heteroatoms. The van der Waals surface area contributed by atoms with E-state index >= 15 is 0 Å². The lowest BCUT2D eigenvalue weighted by molar-refractivity contribution is -0.124. The molecule has 0 fully saturated rings. The molecule has 0 saturated heterocycles. The van der Waals surface area contributed by atoms with Crippen molar-refractivity contribution in [2.75, 3.05) is 7.11 Å². The second-order valence-corrected chi connectivity index (χ2v) is 5.06. The summed E-state index contributed by atoms with van der Waals surface area (Å²) >= 11 is 0. The number of benzene rings is 2. The third-order valence-electron chi connectivity index (χ3n) is 3.29. The fourth-order valence-corrected chi connectivity index (χ4v) is 1.98. The largest absolute Gasteiger partial charge is 0.507 e. The summed E-state index contributed by atoms with van der Waals surface area (Å²) < 4.78 is 4.98. The zero-order valence-corrected chi connectivity index (χ0v) is 13.8. The van der Waals surface area contributed by atoms with Gasteiger partial charge in [0.2, 0.25) is 0 Å². The Morgan fingerprint density at radius 3 is 2.69 bits per heavy atom. The molecule has 2 rings (SSSR count). The maximum Gasteiger partial charge on any atom is 0.271 e. The van der Waals surface area contributed by atoms with Crippen LogP contribution in [0.2, 0.25) is 0 Å². The number of aromatic hydroxyl groups is 1. The number of phenols is 1. The van der Waals surface area contributed by atoms with Crippen molar-refractivity contribution in [3.63, 3.8) is 0 Å². The highest BCUT2D eigenvalue weighted by Gasteiger charge is 2.05. The van der Waals surface area contributed by atoms with Gasteiger partial charge in [-0.3, -0.25) is 14.8 Å². The summed E-state index contributed by atoms with van der Waals surface area (Å²) in [5, 5.41) is 22.1. The summed E-state index contributed by atoms with van der Waals surface area (Å²) in [6, 6.07) is 11.2. The molecule has 2 amide bonds. The molecular weight excluding hydrogens is 338 g/mol. The second kappa shape index (κ2) is 9.00. The predicted octanol–water partition coefficient (Wildman–Crippen LogP) is 1.68. The van der Waals surface area contributed by atoms with Gasteiger partial charge in [-0.05, 0) is 35.9 Å². The summed E-state index contributed by atoms with van der Waals surface area (Å²) in [7, 11) is 1.49. The number of hydrogen-bond donors (Lipinski definition) is 4. The molecule has 8 nitrogen and oxygen atoms in total. The Labute approximate surface area is 149 Å². The normalized spacial score (nSPS) is 10.8. The lowest BCUT2D eigenvalue weighted by atomic mass is 10.1. The van der Waals surface area contributed by atoms with Crippen LogP contribution in [0.15, 0.2) is 53.6 Å². The number of hydroxylamine groups is 1. The molecular formula is C18H17N3O5. The molecule has 0 radical (unpaired) electrons. The van der Waals surface area contributed by atoms with E-state index in [9.17, 15) is 14.7 Å². The first-order valence-corrected chi connectivity index (χ1v) is 7.46. The third kappa shape index (κ3) is 5.18. The fourth-order valence-electron chi connectivity index (χ4n) is 1.98. The minimum absolute atomic E-state index is 0.0309. The molecule has 0 aliphatic rings. The average Bonchev–Trinajstić information content (AvgIpc) is 2.67. The average molecular weight is 355 g/mol. The van der Waals surface area contributed by atoms with Gasteiger partial charge in [0.05, 0.1) is 13.3 Å². The molecule has 0 aliphatic heterocycles. The van der Waals surface area contributed by atoms with E-state index in [1.165, 1.54) is 30.9 Å². The lowest BCUT2D eigenvalue weighted by Crippen LogP contribution is -2.17. The molecule has 134 valence electrons. The number of hydrazone groups is 1. The second-order valence-electron chi connectivity index (χ2n) is 5.06. The molecule has 2 aromatic carbocycles. The van der Waals surface area contributed by atoms with Crippen LogP contribution in [0.3, 0.4) is 0 Å². The highest BCUT2D eigenvalue weighted by molar-refractivity contribution is 5.96. The van der Waals surface area contributed by atoms with Crippen molar-refractivity contribution in [1.82, 2.24) is 10.9 Å². The van der Waals surface area contributed by atoms with Crippen LogP contribution in [-0.4, -0.2) is 35.5 Å². The standard InChI is InChI=1S/C18H17N3O5/c1-26-15-7-6-14(16(22)10-15)11-19-20-18(24)13-4-2-3-12(9-13)5-8-17(23)21-25/h2-11,22,25H,1H3,(H,20,24)(H,21,23). The van der Waals surface area contributed by atoms with Gasteiger partial charge in [0.1, 0.15) is 11.5 Å². The van der Waals surface area contributed by atoms with Gasteiger partial charge in [-0.25, -0.2) is 10.9 Å². The first-order chi connectivity index (χ1) is 12.5. The van der Waals surface area contributed by atoms with Crippen molar-refractivity contribution in [3.05, 3.63) is 65.2 Å². The summed E-state index contributed by atoms with van der Waals surface area (Å²) in [5.41, 5.74) is 5.16. The molecule has 4 N–H and O–H groups in total. The molecule has 0 aliphatic carbocycles. The molecule has 2 aromatic rings. The highest BCUT2D eigenvalue weighted by Crippen LogP contribution is 2.21. The molecule has 0 saturated carbocycles. The van der Waals surface area contributed by atoms with Crippen LogP contribution in [0, 0.1) is 0 Å². The SMILES string of the molecule is COc1ccc(C=NNC(=O)c2cccc(C=CC(=O)NO)c2)c(O)c1. The van der Waals surface area contributed by atoms with Gasteiger partial charge in [-0.1, -0.05) is 12.1 Å². The Hall–Kier alpha value is -3.65. The van der Waals surface area contributed by atoms with Crippen LogP contribution in [0.25, 0.3) is 6.08 Å². The number of hydrogen-bond acceptors (Lipinski definition) is 6. The number of ether oxygens (including phenoxy) is 1. The van der Waals surface area contributed by atoms with Crippen LogP contribution in [0.5, 0.6) is 11.5 Å². The van der Waals surface area contributed by atoms with Gasteiger partial charge in [-0.15, -0.1) is 0 Å². The summed E-state index contributed by atoms with van der Waals surface area (Å²) in [6.45, 7) is 0. The van der Waals surface area contributed by atoms with Crippen LogP contribution in [-0.2, 0) is 4.79 Å². The van der Waals surface area contributed by atoms with E-state index in [0.717, 1.165) is 6.08 Å². The summed E-state index contributed by atoms with van der Waals surface area (Å²) in [4.78, 5) is 23.1. The van der Waals surface area contributed by atoms with Crippen molar-refractivity contribution in [1.29, 1.82) is 0 Å². The van der Waals surface area contributed by atoms with E-state index < -0.39 is 11.8 Å². The van der Waals surface area contributed by atoms with E-state index in [-0.39, 0.29) is 5.75 Å². The Morgan fingerprint density at radius 2 is 2.00 bits per heavy atom. The number of amides is 2. The molecule has 26 heavy (non-hydrogen) atoms. The van der Waals surface area contributed by atoms with Gasteiger partial charge in [0.25, 0.3) is 11.8 Å². The van der Waals surface area contributed by atoms with E-state index in [4.69, 9.17) is 9.94 Å². The van der Waals surface area contributed by atoms with E-state index in [1.807, 2.05) is 0 Å². The smallest absolute Gasteiger partial charge is 0.271 e. The summed E-state index contributed by atoms with van der Waals surface area (Å²) in [5.74, 6) is -0.667. The van der Waals surface area contributed by atoms with Crippen molar-refractivity contribution < 1.29 is 24.6 Å². The number of nitrogens with one attached hydrogen (secondary N) is 2. The lowest BCUT2D eigenvalue weighted by Gasteiger charge is -2.03. The molecule has 0 unspecified atom stereocenters. The van der Waals surface area contributed by atoms with E-state index in [1.54, 1.807) is 36.4 Å². The minimum Gasteiger partial charge on any atom is -0.507 e. The number of phenolic OH excluding ortho intramolecular Hbond substituents is 1. The summed E-state index contributed by atoms with van der Waals surface area (Å²) in [6.07, 6.45) is 3.88. The van der Waals surface area contributed by atoms with Crippen molar-refractivity contribution in [3.8, 4) is 11.5 Å². The molecule has 0 aromatic heterocycles. The van der Waals surface area contributed by atoms with Crippen LogP contribution in [0.1, 0.15) is 21.5 Å². The number of rotatable bonds is 6. The number of carbonyl (C=O) groups is 2. The predicted molar refractivity (Wildman–Crippen MR) is 95.1 cm³/mol. The van der Waals surface area contributed by atoms with Crippen LogP contribution < -0.4 is 15.6 Å². The van der Waals surface area contributed by atoms with Crippen molar-refractivity contribution >= 4 is 24.1 Å². The van der Waals surface area contributed by atoms with Crippen molar-refractivity contribution in [2.45, 2.75) is 0 Å². The van der Waals surface area contributed by atoms with Gasteiger partial charge < -0.3 is 9.84 Å². The Morgan fingerprint density at radius 1 is 1.19 bits per heavy atom. The van der Waals surface area contributed by atoms with E-state index in [0.29, 0.717) is 22.4 Å². The van der Waals surface area contributed by atoms with Gasteiger partial charge in [-0.2, -0.15) is 5.10 Å². The first-order valence-electron chi connectivity index (χ1n) is 7.46. The molecule has 0 bridgehead atoms. The van der Waals surface area contributed by atoms with Crippen LogP contribution in [0.4, 0.5) is 0 Å². The molecule has 0 spiro atoms.